The van der Waals surface area contributed by atoms with Crippen molar-refractivity contribution in [3.8, 4) is 0 Å². The predicted molar refractivity (Wildman–Crippen MR) is 72.2 cm³/mol. The van der Waals surface area contributed by atoms with E-state index in [4.69, 9.17) is 0 Å². The number of aryl methyl sites for hydroxylation is 1. The Morgan fingerprint density at radius 3 is 2.44 bits per heavy atom. The fraction of sp³-hybridized carbons (Fsp3) is 0.571. The third-order valence-electron chi connectivity index (χ3n) is 2.77. The van der Waals surface area contributed by atoms with Crippen LogP contribution >= 0.6 is 0 Å². The molecule has 1 rings (SSSR count). The normalized spacial score (nSPS) is 12.5. The highest BCUT2D eigenvalue weighted by molar-refractivity contribution is 5.46. The molecule has 1 aromatic rings. The van der Waals surface area contributed by atoms with Gasteiger partial charge in [0, 0.05) is 25.3 Å². The van der Waals surface area contributed by atoms with E-state index in [9.17, 15) is 0 Å². The second-order valence-corrected chi connectivity index (χ2v) is 4.57. The highest BCUT2D eigenvalue weighted by Gasteiger charge is 2.05. The van der Waals surface area contributed by atoms with Crippen molar-refractivity contribution in [1.29, 1.82) is 0 Å². The molecule has 0 heterocycles. The molecule has 1 N–H and O–H groups in total. The van der Waals surface area contributed by atoms with Gasteiger partial charge in [0.25, 0.3) is 0 Å². The maximum absolute atomic E-state index is 3.50. The summed E-state index contributed by atoms with van der Waals surface area (Å²) in [6.07, 6.45) is 1.19. The third-order valence-corrected chi connectivity index (χ3v) is 2.77. The van der Waals surface area contributed by atoms with Gasteiger partial charge in [-0.05, 0) is 38.9 Å². The minimum absolute atomic E-state index is 0.534. The van der Waals surface area contributed by atoms with Gasteiger partial charge in [0.1, 0.15) is 0 Å². The Labute approximate surface area is 99.7 Å². The lowest BCUT2D eigenvalue weighted by Gasteiger charge is -2.24. The highest BCUT2D eigenvalue weighted by Crippen LogP contribution is 2.13. The zero-order chi connectivity index (χ0) is 12.0. The summed E-state index contributed by atoms with van der Waals surface area (Å²) in [4.78, 5) is 2.30. The summed E-state index contributed by atoms with van der Waals surface area (Å²) in [5.74, 6) is 0. The lowest BCUT2D eigenvalue weighted by molar-refractivity contribution is 0.544. The van der Waals surface area contributed by atoms with Gasteiger partial charge in [-0.1, -0.05) is 24.6 Å². The molecule has 0 fully saturated rings. The minimum atomic E-state index is 0.534. The van der Waals surface area contributed by atoms with E-state index < -0.39 is 0 Å². The van der Waals surface area contributed by atoms with Crippen molar-refractivity contribution >= 4 is 5.69 Å². The summed E-state index contributed by atoms with van der Waals surface area (Å²) in [5, 5.41) is 3.50. The van der Waals surface area contributed by atoms with E-state index in [-0.39, 0.29) is 0 Å². The Morgan fingerprint density at radius 1 is 1.25 bits per heavy atom. The molecule has 16 heavy (non-hydrogen) atoms. The van der Waals surface area contributed by atoms with E-state index >= 15 is 0 Å². The molecule has 0 aliphatic rings. The van der Waals surface area contributed by atoms with Gasteiger partial charge in [0.2, 0.25) is 0 Å². The van der Waals surface area contributed by atoms with Crippen molar-refractivity contribution in [3.05, 3.63) is 29.8 Å². The van der Waals surface area contributed by atoms with Crippen molar-refractivity contribution in [2.75, 3.05) is 25.0 Å². The highest BCUT2D eigenvalue weighted by atomic mass is 15.1. The Hall–Kier alpha value is -1.02. The maximum Gasteiger partial charge on any atom is 0.0364 e. The topological polar surface area (TPSA) is 15.3 Å². The number of hydrogen-bond acceptors (Lipinski definition) is 2. The quantitative estimate of drug-likeness (QED) is 0.793. The molecule has 0 bridgehead atoms. The monoisotopic (exact) mass is 220 g/mol. The van der Waals surface area contributed by atoms with Crippen LogP contribution in [0.4, 0.5) is 5.69 Å². The molecule has 90 valence electrons. The molecule has 0 radical (unpaired) electrons. The fourth-order valence-electron chi connectivity index (χ4n) is 1.77. The van der Waals surface area contributed by atoms with Crippen molar-refractivity contribution in [3.63, 3.8) is 0 Å². The molecule has 0 amide bonds. The van der Waals surface area contributed by atoms with Gasteiger partial charge in [-0.2, -0.15) is 0 Å². The van der Waals surface area contributed by atoms with Crippen LogP contribution in [0.25, 0.3) is 0 Å². The van der Waals surface area contributed by atoms with Gasteiger partial charge in [-0.15, -0.1) is 0 Å². The van der Waals surface area contributed by atoms with Crippen LogP contribution in [-0.4, -0.2) is 26.2 Å². The van der Waals surface area contributed by atoms with Gasteiger partial charge >= 0.3 is 0 Å². The summed E-state index contributed by atoms with van der Waals surface area (Å²) in [5.41, 5.74) is 2.60. The number of hydrogen-bond donors (Lipinski definition) is 1. The summed E-state index contributed by atoms with van der Waals surface area (Å²) in [6, 6.07) is 9.22. The first kappa shape index (κ1) is 13.0. The largest absolute Gasteiger partial charge is 0.373 e. The van der Waals surface area contributed by atoms with E-state index in [1.807, 2.05) is 0 Å². The molecule has 1 unspecified atom stereocenters. The summed E-state index contributed by atoms with van der Waals surface area (Å²) in [7, 11) is 2.15. The average molecular weight is 220 g/mol. The van der Waals surface area contributed by atoms with Gasteiger partial charge in [-0.25, -0.2) is 0 Å². The van der Waals surface area contributed by atoms with E-state index in [0.29, 0.717) is 6.04 Å². The number of likely N-dealkylation sites (N-methyl/N-ethyl adjacent to an activating group) is 1. The molecule has 0 aliphatic carbocycles. The summed E-state index contributed by atoms with van der Waals surface area (Å²) in [6.45, 7) is 8.70. The van der Waals surface area contributed by atoms with E-state index in [2.05, 4.69) is 62.3 Å². The molecule has 1 atom stereocenters. The minimum Gasteiger partial charge on any atom is -0.373 e. The second-order valence-electron chi connectivity index (χ2n) is 4.57. The van der Waals surface area contributed by atoms with Crippen molar-refractivity contribution < 1.29 is 0 Å². The first-order chi connectivity index (χ1) is 7.63. The first-order valence-electron chi connectivity index (χ1n) is 6.14. The lowest BCUT2D eigenvalue weighted by Crippen LogP contribution is -2.37. The number of anilines is 1. The third kappa shape index (κ3) is 4.23. The molecule has 2 heteroatoms. The zero-order valence-electron chi connectivity index (χ0n) is 11.0. The van der Waals surface area contributed by atoms with Crippen LogP contribution < -0.4 is 10.2 Å². The number of nitrogens with one attached hydrogen (secondary N) is 1. The Kier molecular flexibility index (Phi) is 5.33. The van der Waals surface area contributed by atoms with E-state index in [1.54, 1.807) is 0 Å². The van der Waals surface area contributed by atoms with Crippen molar-refractivity contribution in [2.24, 2.45) is 0 Å². The van der Waals surface area contributed by atoms with Crippen LogP contribution in [-0.2, 0) is 0 Å². The van der Waals surface area contributed by atoms with Gasteiger partial charge < -0.3 is 10.2 Å². The first-order valence-corrected chi connectivity index (χ1v) is 6.14. The summed E-state index contributed by atoms with van der Waals surface area (Å²) < 4.78 is 0. The standard InChI is InChI=1S/C14H24N2/c1-5-10-15-13(3)11-16(4)14-8-6-12(2)7-9-14/h6-9,13,15H,5,10-11H2,1-4H3. The molecular formula is C14H24N2. The Balaban J connectivity index is 2.45. The van der Waals surface area contributed by atoms with Crippen LogP contribution in [0.3, 0.4) is 0 Å². The van der Waals surface area contributed by atoms with Crippen LogP contribution in [0.5, 0.6) is 0 Å². The van der Waals surface area contributed by atoms with Crippen LogP contribution in [0.15, 0.2) is 24.3 Å². The molecule has 0 spiro atoms. The van der Waals surface area contributed by atoms with Gasteiger partial charge in [-0.3, -0.25) is 0 Å². The number of rotatable bonds is 6. The maximum atomic E-state index is 3.50. The second kappa shape index (κ2) is 6.54. The molecule has 2 nitrogen and oxygen atoms in total. The van der Waals surface area contributed by atoms with Crippen LogP contribution in [0.2, 0.25) is 0 Å². The Morgan fingerprint density at radius 2 is 1.88 bits per heavy atom. The van der Waals surface area contributed by atoms with Crippen molar-refractivity contribution in [1.82, 2.24) is 5.32 Å². The molecule has 0 aliphatic heterocycles. The SMILES string of the molecule is CCCNC(C)CN(C)c1ccc(C)cc1. The molecule has 0 saturated carbocycles. The zero-order valence-corrected chi connectivity index (χ0v) is 11.0. The molecule has 0 saturated heterocycles. The summed E-state index contributed by atoms with van der Waals surface area (Å²) >= 11 is 0. The fourth-order valence-corrected chi connectivity index (χ4v) is 1.77. The van der Waals surface area contributed by atoms with Crippen LogP contribution in [0, 0.1) is 6.92 Å². The van der Waals surface area contributed by atoms with Gasteiger partial charge in [0.15, 0.2) is 0 Å². The smallest absolute Gasteiger partial charge is 0.0364 e. The Bertz CT molecular complexity index is 292. The predicted octanol–water partition coefficient (Wildman–Crippen LogP) is 2.82. The molecule has 1 aromatic carbocycles. The van der Waals surface area contributed by atoms with Gasteiger partial charge in [0.05, 0.1) is 0 Å². The number of benzene rings is 1. The van der Waals surface area contributed by atoms with E-state index in [0.717, 1.165) is 13.1 Å². The van der Waals surface area contributed by atoms with Crippen molar-refractivity contribution in [2.45, 2.75) is 33.2 Å². The number of nitrogens with zero attached hydrogens (tertiary/aromatic N) is 1. The molecule has 0 aromatic heterocycles. The molecular weight excluding hydrogens is 196 g/mol. The average Bonchev–Trinajstić information content (AvgIpc) is 2.27. The lowest BCUT2D eigenvalue weighted by atomic mass is 10.2. The van der Waals surface area contributed by atoms with Crippen LogP contribution in [0.1, 0.15) is 25.8 Å². The van der Waals surface area contributed by atoms with E-state index in [1.165, 1.54) is 17.7 Å².